The van der Waals surface area contributed by atoms with E-state index >= 15 is 0 Å². The maximum absolute atomic E-state index is 12.7. The maximum Gasteiger partial charge on any atom is 0.262 e. The number of aryl methyl sites for hydroxylation is 1. The SMILES string of the molecule is CCCn1c(SCc2noc(C)n2)nc2ccc(Br)cc2c1=O. The summed E-state index contributed by atoms with van der Waals surface area (Å²) < 4.78 is 7.55. The molecule has 3 rings (SSSR count). The fourth-order valence-electron chi connectivity index (χ4n) is 2.23. The first kappa shape index (κ1) is 16.2. The van der Waals surface area contributed by atoms with Gasteiger partial charge in [-0.25, -0.2) is 4.98 Å². The van der Waals surface area contributed by atoms with Crippen molar-refractivity contribution in [3.05, 3.63) is 44.7 Å². The number of aromatic nitrogens is 4. The predicted molar refractivity (Wildman–Crippen MR) is 92.6 cm³/mol. The first-order chi connectivity index (χ1) is 11.1. The van der Waals surface area contributed by atoms with Gasteiger partial charge in [-0.15, -0.1) is 0 Å². The highest BCUT2D eigenvalue weighted by atomic mass is 79.9. The predicted octanol–water partition coefficient (Wildman–Crippen LogP) is 3.55. The zero-order valence-corrected chi connectivity index (χ0v) is 15.1. The minimum Gasteiger partial charge on any atom is -0.340 e. The van der Waals surface area contributed by atoms with Gasteiger partial charge in [-0.05, 0) is 24.6 Å². The van der Waals surface area contributed by atoms with Crippen molar-refractivity contribution >= 4 is 38.6 Å². The Bertz CT molecular complexity index is 906. The second kappa shape index (κ2) is 6.84. The lowest BCUT2D eigenvalue weighted by Crippen LogP contribution is -2.23. The quantitative estimate of drug-likeness (QED) is 0.486. The van der Waals surface area contributed by atoms with Crippen LogP contribution in [0.4, 0.5) is 0 Å². The summed E-state index contributed by atoms with van der Waals surface area (Å²) in [5, 5.41) is 5.17. The van der Waals surface area contributed by atoms with Crippen molar-refractivity contribution in [2.75, 3.05) is 0 Å². The summed E-state index contributed by atoms with van der Waals surface area (Å²) in [6.45, 7) is 4.41. The summed E-state index contributed by atoms with van der Waals surface area (Å²) in [5.74, 6) is 1.64. The first-order valence-corrected chi connectivity index (χ1v) is 8.98. The van der Waals surface area contributed by atoms with E-state index in [2.05, 4.69) is 31.1 Å². The van der Waals surface area contributed by atoms with Gasteiger partial charge in [0.05, 0.1) is 16.7 Å². The molecule has 0 spiro atoms. The van der Waals surface area contributed by atoms with Crippen LogP contribution < -0.4 is 5.56 Å². The number of thioether (sulfide) groups is 1. The highest BCUT2D eigenvalue weighted by Crippen LogP contribution is 2.23. The smallest absolute Gasteiger partial charge is 0.262 e. The molecule has 0 atom stereocenters. The molecule has 0 bridgehead atoms. The van der Waals surface area contributed by atoms with Gasteiger partial charge >= 0.3 is 0 Å². The standard InChI is InChI=1S/C15H15BrN4O2S/c1-3-6-20-14(21)11-7-10(16)4-5-12(11)18-15(20)23-8-13-17-9(2)22-19-13/h4-5,7H,3,6,8H2,1-2H3. The van der Waals surface area contributed by atoms with Gasteiger partial charge in [-0.3, -0.25) is 9.36 Å². The Morgan fingerprint density at radius 3 is 2.87 bits per heavy atom. The molecule has 120 valence electrons. The summed E-state index contributed by atoms with van der Waals surface area (Å²) in [6.07, 6.45) is 0.857. The molecule has 0 unspecified atom stereocenters. The molecule has 0 fully saturated rings. The van der Waals surface area contributed by atoms with E-state index in [1.165, 1.54) is 11.8 Å². The Hall–Kier alpha value is -1.67. The average Bonchev–Trinajstić information content (AvgIpc) is 2.95. The third kappa shape index (κ3) is 3.48. The van der Waals surface area contributed by atoms with Crippen molar-refractivity contribution < 1.29 is 4.52 Å². The Labute approximate surface area is 145 Å². The van der Waals surface area contributed by atoms with Gasteiger partial charge < -0.3 is 4.52 Å². The van der Waals surface area contributed by atoms with E-state index in [4.69, 9.17) is 4.52 Å². The number of benzene rings is 1. The lowest BCUT2D eigenvalue weighted by molar-refractivity contribution is 0.389. The zero-order valence-electron chi connectivity index (χ0n) is 12.7. The summed E-state index contributed by atoms with van der Waals surface area (Å²) in [6, 6.07) is 5.55. The second-order valence-electron chi connectivity index (χ2n) is 5.03. The van der Waals surface area contributed by atoms with Crippen LogP contribution in [0, 0.1) is 6.92 Å². The van der Waals surface area contributed by atoms with E-state index in [1.807, 2.05) is 25.1 Å². The zero-order chi connectivity index (χ0) is 16.4. The van der Waals surface area contributed by atoms with Crippen molar-refractivity contribution in [2.45, 2.75) is 37.7 Å². The maximum atomic E-state index is 12.7. The molecule has 0 N–H and O–H groups in total. The Balaban J connectivity index is 2.01. The van der Waals surface area contributed by atoms with Crippen molar-refractivity contribution in [1.29, 1.82) is 0 Å². The Morgan fingerprint density at radius 1 is 1.35 bits per heavy atom. The molecule has 8 heteroatoms. The van der Waals surface area contributed by atoms with Crippen molar-refractivity contribution in [3.63, 3.8) is 0 Å². The molecule has 2 aromatic heterocycles. The van der Waals surface area contributed by atoms with Crippen LogP contribution in [-0.2, 0) is 12.3 Å². The van der Waals surface area contributed by atoms with Gasteiger partial charge in [0.25, 0.3) is 5.56 Å². The highest BCUT2D eigenvalue weighted by Gasteiger charge is 2.13. The van der Waals surface area contributed by atoms with Crippen LogP contribution in [0.15, 0.2) is 37.1 Å². The molecule has 0 saturated carbocycles. The summed E-state index contributed by atoms with van der Waals surface area (Å²) >= 11 is 4.85. The number of hydrogen-bond donors (Lipinski definition) is 0. The van der Waals surface area contributed by atoms with E-state index in [1.54, 1.807) is 11.5 Å². The van der Waals surface area contributed by atoms with Crippen LogP contribution >= 0.6 is 27.7 Å². The molecule has 0 amide bonds. The normalized spacial score (nSPS) is 11.3. The molecule has 3 aromatic rings. The number of halogens is 1. The van der Waals surface area contributed by atoms with Crippen LogP contribution in [0.2, 0.25) is 0 Å². The molecule has 0 saturated heterocycles. The van der Waals surface area contributed by atoms with Gasteiger partial charge in [0.1, 0.15) is 0 Å². The molecule has 23 heavy (non-hydrogen) atoms. The number of rotatable bonds is 5. The molecule has 0 aliphatic heterocycles. The van der Waals surface area contributed by atoms with Crippen molar-refractivity contribution in [3.8, 4) is 0 Å². The first-order valence-electron chi connectivity index (χ1n) is 7.20. The van der Waals surface area contributed by atoms with Gasteiger partial charge in [0.2, 0.25) is 5.89 Å². The fraction of sp³-hybridized carbons (Fsp3) is 0.333. The minimum atomic E-state index is -0.0232. The highest BCUT2D eigenvalue weighted by molar-refractivity contribution is 9.10. The third-order valence-electron chi connectivity index (χ3n) is 3.23. The number of hydrogen-bond acceptors (Lipinski definition) is 6. The van der Waals surface area contributed by atoms with Crippen LogP contribution in [0.5, 0.6) is 0 Å². The third-order valence-corrected chi connectivity index (χ3v) is 4.69. The molecule has 0 radical (unpaired) electrons. The summed E-state index contributed by atoms with van der Waals surface area (Å²) in [5.41, 5.74) is 0.669. The van der Waals surface area contributed by atoms with Gasteiger partial charge in [0.15, 0.2) is 11.0 Å². The molecule has 1 aromatic carbocycles. The van der Waals surface area contributed by atoms with Crippen molar-refractivity contribution in [1.82, 2.24) is 19.7 Å². The van der Waals surface area contributed by atoms with E-state index < -0.39 is 0 Å². The van der Waals surface area contributed by atoms with Crippen LogP contribution in [0.1, 0.15) is 25.1 Å². The Kier molecular flexibility index (Phi) is 4.82. The molecule has 0 aliphatic carbocycles. The molecular weight excluding hydrogens is 380 g/mol. The van der Waals surface area contributed by atoms with E-state index in [0.29, 0.717) is 40.1 Å². The minimum absolute atomic E-state index is 0.0232. The monoisotopic (exact) mass is 394 g/mol. The van der Waals surface area contributed by atoms with E-state index in [0.717, 1.165) is 10.9 Å². The number of nitrogens with zero attached hydrogens (tertiary/aromatic N) is 4. The number of fused-ring (bicyclic) bond motifs is 1. The summed E-state index contributed by atoms with van der Waals surface area (Å²) in [7, 11) is 0. The van der Waals surface area contributed by atoms with Crippen LogP contribution in [0.3, 0.4) is 0 Å². The Morgan fingerprint density at radius 2 is 2.17 bits per heavy atom. The van der Waals surface area contributed by atoms with Crippen LogP contribution in [0.25, 0.3) is 10.9 Å². The molecule has 2 heterocycles. The largest absolute Gasteiger partial charge is 0.340 e. The van der Waals surface area contributed by atoms with Gasteiger partial charge in [-0.1, -0.05) is 39.8 Å². The van der Waals surface area contributed by atoms with E-state index in [-0.39, 0.29) is 5.56 Å². The second-order valence-corrected chi connectivity index (χ2v) is 6.89. The van der Waals surface area contributed by atoms with Crippen molar-refractivity contribution in [2.24, 2.45) is 0 Å². The summed E-state index contributed by atoms with van der Waals surface area (Å²) in [4.78, 5) is 21.6. The molecule has 0 aliphatic rings. The van der Waals surface area contributed by atoms with Gasteiger partial charge in [-0.2, -0.15) is 4.98 Å². The van der Waals surface area contributed by atoms with E-state index in [9.17, 15) is 4.79 Å². The lowest BCUT2D eigenvalue weighted by atomic mass is 10.2. The molecule has 6 nitrogen and oxygen atoms in total. The lowest BCUT2D eigenvalue weighted by Gasteiger charge is -2.11. The average molecular weight is 395 g/mol. The topological polar surface area (TPSA) is 73.8 Å². The van der Waals surface area contributed by atoms with Gasteiger partial charge in [0, 0.05) is 17.9 Å². The van der Waals surface area contributed by atoms with Crippen LogP contribution in [-0.4, -0.2) is 19.7 Å². The fourth-order valence-corrected chi connectivity index (χ4v) is 3.46. The molecular formula is C15H15BrN4O2S.